The van der Waals surface area contributed by atoms with Crippen LogP contribution in [0, 0.1) is 5.82 Å². The molecule has 94 valence electrons. The molecule has 1 aromatic heterocycles. The summed E-state index contributed by atoms with van der Waals surface area (Å²) in [5, 5.41) is 0. The fourth-order valence-corrected chi connectivity index (χ4v) is 2.56. The van der Waals surface area contributed by atoms with E-state index in [0.717, 1.165) is 0 Å². The average molecular weight is 303 g/mol. The van der Waals surface area contributed by atoms with E-state index in [1.54, 1.807) is 6.20 Å². The predicted molar refractivity (Wildman–Crippen MR) is 68.7 cm³/mol. The van der Waals surface area contributed by atoms with Gasteiger partial charge >= 0.3 is 0 Å². The summed E-state index contributed by atoms with van der Waals surface area (Å²) in [5.74, 6) is 0.0979. The van der Waals surface area contributed by atoms with Crippen molar-refractivity contribution < 1.29 is 9.13 Å². The van der Waals surface area contributed by atoms with Gasteiger partial charge in [-0.3, -0.25) is 0 Å². The van der Waals surface area contributed by atoms with Crippen molar-refractivity contribution in [1.29, 1.82) is 0 Å². The normalized spacial score (nSPS) is 23.8. The molecular formula is C12H16BrFN2O. The van der Waals surface area contributed by atoms with Crippen LogP contribution in [-0.4, -0.2) is 29.8 Å². The van der Waals surface area contributed by atoms with E-state index < -0.39 is 0 Å². The van der Waals surface area contributed by atoms with E-state index in [2.05, 4.69) is 20.9 Å². The van der Waals surface area contributed by atoms with Crippen molar-refractivity contribution >= 4 is 21.7 Å². The minimum atomic E-state index is -0.302. The Hall–Kier alpha value is -0.680. The van der Waals surface area contributed by atoms with Crippen LogP contribution in [0.5, 0.6) is 0 Å². The number of halogens is 2. The first-order chi connectivity index (χ1) is 7.87. The smallest absolute Gasteiger partial charge is 0.166 e. The van der Waals surface area contributed by atoms with Crippen LogP contribution in [0.25, 0.3) is 0 Å². The zero-order valence-corrected chi connectivity index (χ0v) is 11.8. The third-order valence-electron chi connectivity index (χ3n) is 2.66. The first-order valence-corrected chi connectivity index (χ1v) is 6.40. The molecule has 2 heterocycles. The molecule has 0 spiro atoms. The van der Waals surface area contributed by atoms with E-state index in [1.165, 1.54) is 6.07 Å². The molecule has 5 heteroatoms. The summed E-state index contributed by atoms with van der Waals surface area (Å²) < 4.78 is 20.3. The van der Waals surface area contributed by atoms with Crippen molar-refractivity contribution in [2.75, 3.05) is 18.0 Å². The maximum absolute atomic E-state index is 13.8. The van der Waals surface area contributed by atoms with Gasteiger partial charge in [-0.2, -0.15) is 0 Å². The molecule has 0 N–H and O–H groups in total. The lowest BCUT2D eigenvalue weighted by molar-refractivity contribution is -0.0753. The Labute approximate surface area is 109 Å². The van der Waals surface area contributed by atoms with Crippen molar-refractivity contribution in [1.82, 2.24) is 4.98 Å². The highest BCUT2D eigenvalue weighted by Crippen LogP contribution is 2.27. The van der Waals surface area contributed by atoms with E-state index >= 15 is 0 Å². The Balaban J connectivity index is 2.27. The van der Waals surface area contributed by atoms with Gasteiger partial charge in [0, 0.05) is 23.8 Å². The highest BCUT2D eigenvalue weighted by Gasteiger charge is 2.32. The van der Waals surface area contributed by atoms with Crippen LogP contribution in [0.2, 0.25) is 0 Å². The second kappa shape index (κ2) is 4.53. The van der Waals surface area contributed by atoms with E-state index in [4.69, 9.17) is 4.74 Å². The number of pyridine rings is 1. The van der Waals surface area contributed by atoms with Gasteiger partial charge in [0.15, 0.2) is 11.6 Å². The number of nitrogens with zero attached hydrogens (tertiary/aromatic N) is 2. The molecule has 1 saturated heterocycles. The molecule has 1 aliphatic rings. The molecule has 1 aromatic rings. The van der Waals surface area contributed by atoms with Gasteiger partial charge in [-0.1, -0.05) is 0 Å². The second-order valence-corrected chi connectivity index (χ2v) is 5.94. The lowest BCUT2D eigenvalue weighted by Gasteiger charge is -2.42. The Morgan fingerprint density at radius 2 is 2.29 bits per heavy atom. The fourth-order valence-electron chi connectivity index (χ4n) is 2.26. The number of hydrogen-bond acceptors (Lipinski definition) is 3. The SMILES string of the molecule is CC1CN(c2ncc(Br)cc2F)CC(C)(C)O1. The van der Waals surface area contributed by atoms with Gasteiger partial charge in [-0.05, 0) is 42.8 Å². The third-order valence-corrected chi connectivity index (χ3v) is 3.09. The fraction of sp³-hybridized carbons (Fsp3) is 0.583. The molecule has 1 fully saturated rings. The summed E-state index contributed by atoms with van der Waals surface area (Å²) in [7, 11) is 0. The van der Waals surface area contributed by atoms with Crippen LogP contribution >= 0.6 is 15.9 Å². The number of ether oxygens (including phenoxy) is 1. The molecule has 2 rings (SSSR count). The molecule has 0 amide bonds. The molecule has 0 saturated carbocycles. The summed E-state index contributed by atoms with van der Waals surface area (Å²) in [6.45, 7) is 7.31. The molecule has 1 atom stereocenters. The molecule has 1 aliphatic heterocycles. The molecule has 0 radical (unpaired) electrons. The van der Waals surface area contributed by atoms with Crippen LogP contribution in [0.4, 0.5) is 10.2 Å². The summed E-state index contributed by atoms with van der Waals surface area (Å²) >= 11 is 3.21. The van der Waals surface area contributed by atoms with Crippen LogP contribution in [0.3, 0.4) is 0 Å². The standard InChI is InChI=1S/C12H16BrFN2O/c1-8-6-16(7-12(2,3)17-8)11-10(14)4-9(13)5-15-11/h4-5,8H,6-7H2,1-3H3. The van der Waals surface area contributed by atoms with E-state index in [1.807, 2.05) is 25.7 Å². The lowest BCUT2D eigenvalue weighted by atomic mass is 10.1. The van der Waals surface area contributed by atoms with Gasteiger partial charge in [0.1, 0.15) is 0 Å². The largest absolute Gasteiger partial charge is 0.369 e. The summed E-state index contributed by atoms with van der Waals surface area (Å²) in [5.41, 5.74) is -0.279. The Morgan fingerprint density at radius 3 is 2.88 bits per heavy atom. The van der Waals surface area contributed by atoms with E-state index in [-0.39, 0.29) is 17.5 Å². The molecule has 0 aliphatic carbocycles. The lowest BCUT2D eigenvalue weighted by Crippen LogP contribution is -2.52. The maximum Gasteiger partial charge on any atom is 0.166 e. The first-order valence-electron chi connectivity index (χ1n) is 5.61. The van der Waals surface area contributed by atoms with Crippen LogP contribution in [-0.2, 0) is 4.74 Å². The minimum Gasteiger partial charge on any atom is -0.369 e. The van der Waals surface area contributed by atoms with Crippen molar-refractivity contribution in [2.24, 2.45) is 0 Å². The number of anilines is 1. The van der Waals surface area contributed by atoms with Gasteiger partial charge < -0.3 is 9.64 Å². The molecule has 0 aromatic carbocycles. The van der Waals surface area contributed by atoms with Crippen molar-refractivity contribution in [3.8, 4) is 0 Å². The van der Waals surface area contributed by atoms with Crippen molar-refractivity contribution in [3.05, 3.63) is 22.6 Å². The number of rotatable bonds is 1. The highest BCUT2D eigenvalue weighted by atomic mass is 79.9. The van der Waals surface area contributed by atoms with Crippen molar-refractivity contribution in [3.63, 3.8) is 0 Å². The monoisotopic (exact) mass is 302 g/mol. The molecular weight excluding hydrogens is 287 g/mol. The van der Waals surface area contributed by atoms with Gasteiger partial charge in [0.2, 0.25) is 0 Å². The maximum atomic E-state index is 13.8. The van der Waals surface area contributed by atoms with E-state index in [0.29, 0.717) is 23.4 Å². The van der Waals surface area contributed by atoms with Gasteiger partial charge in [0.05, 0.1) is 11.7 Å². The minimum absolute atomic E-state index is 0.0728. The summed E-state index contributed by atoms with van der Waals surface area (Å²) in [6, 6.07) is 1.44. The molecule has 17 heavy (non-hydrogen) atoms. The second-order valence-electron chi connectivity index (χ2n) is 5.03. The Morgan fingerprint density at radius 1 is 1.59 bits per heavy atom. The zero-order valence-electron chi connectivity index (χ0n) is 10.2. The van der Waals surface area contributed by atoms with Gasteiger partial charge in [-0.15, -0.1) is 0 Å². The molecule has 1 unspecified atom stereocenters. The number of hydrogen-bond donors (Lipinski definition) is 0. The van der Waals surface area contributed by atoms with Crippen molar-refractivity contribution in [2.45, 2.75) is 32.5 Å². The van der Waals surface area contributed by atoms with Gasteiger partial charge in [0.25, 0.3) is 0 Å². The third kappa shape index (κ3) is 2.96. The quantitative estimate of drug-likeness (QED) is 0.797. The van der Waals surface area contributed by atoms with Gasteiger partial charge in [-0.25, -0.2) is 9.37 Å². The topological polar surface area (TPSA) is 25.4 Å². The summed E-state index contributed by atoms with van der Waals surface area (Å²) in [4.78, 5) is 6.09. The predicted octanol–water partition coefficient (Wildman–Crippen LogP) is 2.99. The molecule has 3 nitrogen and oxygen atoms in total. The van der Waals surface area contributed by atoms with Crippen LogP contribution < -0.4 is 4.90 Å². The van der Waals surface area contributed by atoms with Crippen LogP contribution in [0.1, 0.15) is 20.8 Å². The zero-order chi connectivity index (χ0) is 12.6. The number of aromatic nitrogens is 1. The summed E-state index contributed by atoms with van der Waals surface area (Å²) in [6.07, 6.45) is 1.69. The average Bonchev–Trinajstić information content (AvgIpc) is 2.13. The van der Waals surface area contributed by atoms with Crippen LogP contribution in [0.15, 0.2) is 16.7 Å². The van der Waals surface area contributed by atoms with E-state index in [9.17, 15) is 4.39 Å². The Bertz CT molecular complexity index is 425. The first kappa shape index (κ1) is 12.8. The molecule has 0 bridgehead atoms. The Kier molecular flexibility index (Phi) is 3.41. The highest BCUT2D eigenvalue weighted by molar-refractivity contribution is 9.10. The number of morpholine rings is 1.